The molecule has 0 radical (unpaired) electrons. The first-order valence-corrected chi connectivity index (χ1v) is 5.01. The van der Waals surface area contributed by atoms with Crippen LogP contribution in [0.2, 0.25) is 0 Å². The van der Waals surface area contributed by atoms with E-state index in [1.165, 1.54) is 6.20 Å². The first kappa shape index (κ1) is 12.2. The average molecular weight is 278 g/mol. The summed E-state index contributed by atoms with van der Waals surface area (Å²) < 4.78 is 10.4. The lowest BCUT2D eigenvalue weighted by Gasteiger charge is -2.14. The van der Waals surface area contributed by atoms with Crippen molar-refractivity contribution in [2.24, 2.45) is 0 Å². The van der Waals surface area contributed by atoms with Gasteiger partial charge in [0.05, 0.1) is 18.4 Å². The van der Waals surface area contributed by atoms with Gasteiger partial charge in [0.15, 0.2) is 6.29 Å². The van der Waals surface area contributed by atoms with E-state index in [2.05, 4.69) is 31.4 Å². The summed E-state index contributed by atoms with van der Waals surface area (Å²) in [6.07, 6.45) is 1.14. The van der Waals surface area contributed by atoms with E-state index in [0.717, 1.165) is 0 Å². The van der Waals surface area contributed by atoms with Crippen LogP contribution in [0.3, 0.4) is 0 Å². The van der Waals surface area contributed by atoms with Gasteiger partial charge >= 0.3 is 0 Å². The summed E-state index contributed by atoms with van der Waals surface area (Å²) in [6, 6.07) is 0. The number of nitrogens with zero attached hydrogens (tertiary/aromatic N) is 1. The van der Waals surface area contributed by atoms with Crippen LogP contribution >= 0.6 is 15.9 Å². The van der Waals surface area contributed by atoms with Gasteiger partial charge in [-0.05, 0) is 15.9 Å². The van der Waals surface area contributed by atoms with Crippen LogP contribution in [0.25, 0.3) is 0 Å². The molecule has 1 aromatic rings. The number of nitrogens with one attached hydrogen (secondary N) is 2. The lowest BCUT2D eigenvalue weighted by atomic mass is 10.4. The maximum atomic E-state index is 11.2. The van der Waals surface area contributed by atoms with Crippen molar-refractivity contribution in [3.8, 4) is 0 Å². The van der Waals surface area contributed by atoms with Gasteiger partial charge in [-0.15, -0.1) is 0 Å². The molecular formula is C8H12BrN3O3. The predicted molar refractivity (Wildman–Crippen MR) is 58.9 cm³/mol. The molecule has 0 aliphatic carbocycles. The Morgan fingerprint density at radius 3 is 2.87 bits per heavy atom. The summed E-state index contributed by atoms with van der Waals surface area (Å²) in [6.45, 7) is 0.427. The number of hydrogen-bond acceptors (Lipinski definition) is 5. The van der Waals surface area contributed by atoms with Crippen LogP contribution in [-0.2, 0) is 9.47 Å². The van der Waals surface area contributed by atoms with Crippen molar-refractivity contribution in [3.63, 3.8) is 0 Å². The number of ether oxygens (including phenoxy) is 2. The molecule has 0 aromatic carbocycles. The second kappa shape index (κ2) is 5.84. The number of rotatable bonds is 5. The Balaban J connectivity index is 2.65. The third-order valence-electron chi connectivity index (χ3n) is 1.78. The van der Waals surface area contributed by atoms with Gasteiger partial charge in [-0.2, -0.15) is 5.10 Å². The Labute approximate surface area is 95.1 Å². The molecular weight excluding hydrogens is 266 g/mol. The van der Waals surface area contributed by atoms with Gasteiger partial charge in [0.25, 0.3) is 5.56 Å². The molecule has 0 aliphatic heterocycles. The number of anilines is 1. The van der Waals surface area contributed by atoms with Gasteiger partial charge in [0.1, 0.15) is 4.47 Å². The molecule has 1 rings (SSSR count). The van der Waals surface area contributed by atoms with Crippen LogP contribution in [0.5, 0.6) is 0 Å². The number of halogens is 1. The Hall–Kier alpha value is -0.920. The largest absolute Gasteiger partial charge is 0.378 e. The fraction of sp³-hybridized carbons (Fsp3) is 0.500. The van der Waals surface area contributed by atoms with Crippen LogP contribution < -0.4 is 10.9 Å². The minimum absolute atomic E-state index is 0.286. The molecule has 1 heterocycles. The van der Waals surface area contributed by atoms with E-state index < -0.39 is 0 Å². The number of hydrogen-bond donors (Lipinski definition) is 2. The van der Waals surface area contributed by atoms with E-state index in [1.54, 1.807) is 14.2 Å². The summed E-state index contributed by atoms with van der Waals surface area (Å²) in [5.41, 5.74) is 0.309. The van der Waals surface area contributed by atoms with Crippen LogP contribution in [0.15, 0.2) is 15.5 Å². The molecule has 1 aromatic heterocycles. The highest BCUT2D eigenvalue weighted by Crippen LogP contribution is 2.15. The molecule has 0 atom stereocenters. The lowest BCUT2D eigenvalue weighted by molar-refractivity contribution is -0.0914. The van der Waals surface area contributed by atoms with Gasteiger partial charge in [-0.25, -0.2) is 5.10 Å². The molecule has 15 heavy (non-hydrogen) atoms. The van der Waals surface area contributed by atoms with Crippen molar-refractivity contribution >= 4 is 21.6 Å². The van der Waals surface area contributed by atoms with E-state index in [4.69, 9.17) is 9.47 Å². The molecule has 7 heteroatoms. The minimum Gasteiger partial charge on any atom is -0.378 e. The summed E-state index contributed by atoms with van der Waals surface area (Å²) in [4.78, 5) is 11.2. The fourth-order valence-corrected chi connectivity index (χ4v) is 1.29. The topological polar surface area (TPSA) is 76.2 Å². The molecule has 0 bridgehead atoms. The highest BCUT2D eigenvalue weighted by atomic mass is 79.9. The van der Waals surface area contributed by atoms with Crippen molar-refractivity contribution in [1.29, 1.82) is 0 Å². The minimum atomic E-state index is -0.365. The maximum Gasteiger partial charge on any atom is 0.280 e. The number of aromatic nitrogens is 2. The number of H-pyrrole nitrogens is 1. The molecule has 0 saturated heterocycles. The molecule has 0 saturated carbocycles. The molecule has 6 nitrogen and oxygen atoms in total. The normalized spacial score (nSPS) is 10.7. The molecule has 0 unspecified atom stereocenters. The van der Waals surface area contributed by atoms with Gasteiger partial charge in [-0.3, -0.25) is 4.79 Å². The van der Waals surface area contributed by atoms with Gasteiger partial charge < -0.3 is 14.8 Å². The Morgan fingerprint density at radius 1 is 1.60 bits per heavy atom. The summed E-state index contributed by atoms with van der Waals surface area (Å²) in [7, 11) is 3.09. The third kappa shape index (κ3) is 3.29. The highest BCUT2D eigenvalue weighted by Gasteiger charge is 2.08. The fourth-order valence-electron chi connectivity index (χ4n) is 0.963. The summed E-state index contributed by atoms with van der Waals surface area (Å²) >= 11 is 3.15. The smallest absolute Gasteiger partial charge is 0.280 e. The van der Waals surface area contributed by atoms with E-state index in [0.29, 0.717) is 16.7 Å². The van der Waals surface area contributed by atoms with Crippen LogP contribution in [0.4, 0.5) is 5.69 Å². The van der Waals surface area contributed by atoms with Gasteiger partial charge in [-0.1, -0.05) is 0 Å². The molecule has 0 spiro atoms. The highest BCUT2D eigenvalue weighted by molar-refractivity contribution is 9.10. The van der Waals surface area contributed by atoms with Crippen molar-refractivity contribution < 1.29 is 9.47 Å². The van der Waals surface area contributed by atoms with Crippen LogP contribution in [-0.4, -0.2) is 37.3 Å². The summed E-state index contributed by atoms with van der Waals surface area (Å²) in [5, 5.41) is 8.94. The van der Waals surface area contributed by atoms with E-state index >= 15 is 0 Å². The van der Waals surface area contributed by atoms with Crippen molar-refractivity contribution in [3.05, 3.63) is 21.0 Å². The Morgan fingerprint density at radius 2 is 2.27 bits per heavy atom. The zero-order chi connectivity index (χ0) is 11.3. The molecule has 0 aliphatic rings. The zero-order valence-electron chi connectivity index (χ0n) is 8.41. The molecule has 84 valence electrons. The first-order chi connectivity index (χ1) is 7.19. The van der Waals surface area contributed by atoms with E-state index in [9.17, 15) is 4.79 Å². The average Bonchev–Trinajstić information content (AvgIpc) is 2.25. The number of methoxy groups -OCH3 is 2. The van der Waals surface area contributed by atoms with Crippen molar-refractivity contribution in [2.45, 2.75) is 6.29 Å². The quantitative estimate of drug-likeness (QED) is 0.770. The van der Waals surface area contributed by atoms with Crippen molar-refractivity contribution in [2.75, 3.05) is 26.1 Å². The van der Waals surface area contributed by atoms with Crippen molar-refractivity contribution in [1.82, 2.24) is 10.2 Å². The first-order valence-electron chi connectivity index (χ1n) is 4.21. The maximum absolute atomic E-state index is 11.2. The predicted octanol–water partition coefficient (Wildman–Crippen LogP) is 0.563. The van der Waals surface area contributed by atoms with Gasteiger partial charge in [0.2, 0.25) is 0 Å². The SMILES string of the molecule is COC(CNc1cn[nH]c(=O)c1Br)OC. The standard InChI is InChI=1S/C8H12BrN3O3/c1-14-6(15-2)4-10-5-3-11-12-8(13)7(5)9/h3,6H,4H2,1-2H3,(H2,10,12,13). The third-order valence-corrected chi connectivity index (χ3v) is 2.57. The molecule has 0 amide bonds. The Bertz CT molecular complexity index is 364. The second-order valence-electron chi connectivity index (χ2n) is 2.71. The number of aromatic amines is 1. The van der Waals surface area contributed by atoms with E-state index in [1.807, 2.05) is 0 Å². The van der Waals surface area contributed by atoms with Gasteiger partial charge in [0, 0.05) is 14.2 Å². The van der Waals surface area contributed by atoms with Crippen LogP contribution in [0, 0.1) is 0 Å². The second-order valence-corrected chi connectivity index (χ2v) is 3.50. The van der Waals surface area contributed by atoms with Crippen LogP contribution in [0.1, 0.15) is 0 Å². The Kier molecular flexibility index (Phi) is 4.73. The molecule has 2 N–H and O–H groups in total. The zero-order valence-corrected chi connectivity index (χ0v) is 10.00. The van der Waals surface area contributed by atoms with E-state index in [-0.39, 0.29) is 11.8 Å². The summed E-state index contributed by atoms with van der Waals surface area (Å²) in [5.74, 6) is 0. The molecule has 0 fully saturated rings. The monoisotopic (exact) mass is 277 g/mol. The lowest BCUT2D eigenvalue weighted by Crippen LogP contribution is -2.24.